The molecule has 2 heterocycles. The molecule has 84 valence electrons. The minimum atomic E-state index is 0.0209. The molecule has 0 saturated heterocycles. The van der Waals surface area contributed by atoms with E-state index in [1.54, 1.807) is 23.7 Å². The molecule has 0 bridgehead atoms. The van der Waals surface area contributed by atoms with Gasteiger partial charge in [0.15, 0.2) is 10.5 Å². The lowest BCUT2D eigenvalue weighted by Crippen LogP contribution is -2.38. The van der Waals surface area contributed by atoms with Gasteiger partial charge in [-0.2, -0.15) is 0 Å². The number of aromatic nitrogens is 3. The van der Waals surface area contributed by atoms with E-state index in [0.29, 0.717) is 0 Å². The summed E-state index contributed by atoms with van der Waals surface area (Å²) in [5.74, 6) is 0. The van der Waals surface area contributed by atoms with Crippen molar-refractivity contribution in [3.05, 3.63) is 17.4 Å². The highest BCUT2D eigenvalue weighted by atomic mass is 32.1. The van der Waals surface area contributed by atoms with Crippen LogP contribution in [0.1, 0.15) is 31.2 Å². The molecule has 2 N–H and O–H groups in total. The molecule has 16 heavy (non-hydrogen) atoms. The van der Waals surface area contributed by atoms with Crippen molar-refractivity contribution in [2.45, 2.75) is 37.6 Å². The smallest absolute Gasteiger partial charge is 0.189 e. The van der Waals surface area contributed by atoms with Crippen LogP contribution in [-0.4, -0.2) is 21.0 Å². The van der Waals surface area contributed by atoms with Crippen LogP contribution in [0, 0.1) is 0 Å². The van der Waals surface area contributed by atoms with Crippen molar-refractivity contribution in [1.82, 2.24) is 15.0 Å². The Morgan fingerprint density at radius 3 is 2.94 bits per heavy atom. The van der Waals surface area contributed by atoms with E-state index in [4.69, 9.17) is 5.73 Å². The van der Waals surface area contributed by atoms with E-state index in [0.717, 1.165) is 28.3 Å². The monoisotopic (exact) mass is 234 g/mol. The van der Waals surface area contributed by atoms with Crippen LogP contribution in [0.4, 0.5) is 0 Å². The Morgan fingerprint density at radius 1 is 1.44 bits per heavy atom. The Bertz CT molecular complexity index is 490. The molecule has 0 aromatic carbocycles. The Hall–Kier alpha value is -1.07. The van der Waals surface area contributed by atoms with Gasteiger partial charge in [0.1, 0.15) is 5.01 Å². The molecule has 1 aliphatic rings. The first kappa shape index (κ1) is 10.1. The SMILES string of the molecule is CC1(c2nc3nccnc3s2)CCCC1N. The summed E-state index contributed by atoms with van der Waals surface area (Å²) in [6.07, 6.45) is 6.79. The molecule has 2 atom stereocenters. The fourth-order valence-corrected chi connectivity index (χ4v) is 3.49. The molecule has 1 saturated carbocycles. The first-order valence-electron chi connectivity index (χ1n) is 5.54. The molecule has 2 aromatic heterocycles. The van der Waals surface area contributed by atoms with Gasteiger partial charge < -0.3 is 5.73 Å². The van der Waals surface area contributed by atoms with Crippen LogP contribution in [0.5, 0.6) is 0 Å². The molecule has 0 radical (unpaired) electrons. The van der Waals surface area contributed by atoms with Crippen molar-refractivity contribution in [1.29, 1.82) is 0 Å². The van der Waals surface area contributed by atoms with Gasteiger partial charge in [-0.05, 0) is 12.8 Å². The number of fused-ring (bicyclic) bond motifs is 1. The fraction of sp³-hybridized carbons (Fsp3) is 0.545. The quantitative estimate of drug-likeness (QED) is 0.818. The fourth-order valence-electron chi connectivity index (χ4n) is 2.38. The number of nitrogens with zero attached hydrogens (tertiary/aromatic N) is 3. The largest absolute Gasteiger partial charge is 0.327 e. The van der Waals surface area contributed by atoms with Crippen molar-refractivity contribution in [3.63, 3.8) is 0 Å². The minimum Gasteiger partial charge on any atom is -0.327 e. The summed E-state index contributed by atoms with van der Waals surface area (Å²) in [6.45, 7) is 2.21. The van der Waals surface area contributed by atoms with Gasteiger partial charge in [0.05, 0.1) is 0 Å². The standard InChI is InChI=1S/C11H14N4S/c1-11(4-2-3-7(11)12)10-15-8-9(16-10)14-6-5-13-8/h5-7H,2-4,12H2,1H3. The number of nitrogens with two attached hydrogens (primary N) is 1. The van der Waals surface area contributed by atoms with Crippen molar-refractivity contribution in [3.8, 4) is 0 Å². The van der Waals surface area contributed by atoms with Crippen LogP contribution in [0.3, 0.4) is 0 Å². The summed E-state index contributed by atoms with van der Waals surface area (Å²) in [4.78, 5) is 14.0. The highest BCUT2D eigenvalue weighted by Crippen LogP contribution is 2.42. The number of hydrogen-bond donors (Lipinski definition) is 1. The summed E-state index contributed by atoms with van der Waals surface area (Å²) in [7, 11) is 0. The molecule has 0 spiro atoms. The molecule has 5 heteroatoms. The van der Waals surface area contributed by atoms with Crippen molar-refractivity contribution < 1.29 is 0 Å². The van der Waals surface area contributed by atoms with Crippen molar-refractivity contribution in [2.24, 2.45) is 5.73 Å². The second-order valence-electron chi connectivity index (χ2n) is 4.62. The van der Waals surface area contributed by atoms with E-state index in [-0.39, 0.29) is 11.5 Å². The van der Waals surface area contributed by atoms with E-state index in [1.807, 2.05) is 0 Å². The van der Waals surface area contributed by atoms with Crippen LogP contribution in [0.15, 0.2) is 12.4 Å². The van der Waals surface area contributed by atoms with Crippen molar-refractivity contribution >= 4 is 21.8 Å². The highest BCUT2D eigenvalue weighted by molar-refractivity contribution is 7.18. The molecule has 4 nitrogen and oxygen atoms in total. The van der Waals surface area contributed by atoms with Crippen LogP contribution in [0.2, 0.25) is 0 Å². The van der Waals surface area contributed by atoms with Crippen LogP contribution < -0.4 is 5.73 Å². The lowest BCUT2D eigenvalue weighted by Gasteiger charge is -2.25. The zero-order chi connectivity index (χ0) is 11.2. The molecule has 1 fully saturated rings. The maximum Gasteiger partial charge on any atom is 0.189 e. The summed E-state index contributed by atoms with van der Waals surface area (Å²) in [5, 5.41) is 1.10. The zero-order valence-electron chi connectivity index (χ0n) is 9.18. The van der Waals surface area contributed by atoms with E-state index in [1.165, 1.54) is 6.42 Å². The first-order chi connectivity index (χ1) is 7.70. The summed E-state index contributed by atoms with van der Waals surface area (Å²) in [6, 6.07) is 0.216. The van der Waals surface area contributed by atoms with E-state index in [9.17, 15) is 0 Å². The van der Waals surface area contributed by atoms with Gasteiger partial charge in [0.2, 0.25) is 0 Å². The van der Waals surface area contributed by atoms with Gasteiger partial charge >= 0.3 is 0 Å². The molecule has 3 rings (SSSR count). The maximum absolute atomic E-state index is 6.19. The molecular weight excluding hydrogens is 220 g/mol. The second kappa shape index (κ2) is 3.46. The molecular formula is C11H14N4S. The Kier molecular flexibility index (Phi) is 2.19. The van der Waals surface area contributed by atoms with E-state index < -0.39 is 0 Å². The second-order valence-corrected chi connectivity index (χ2v) is 5.60. The maximum atomic E-state index is 6.19. The Morgan fingerprint density at radius 2 is 2.25 bits per heavy atom. The predicted octanol–water partition coefficient (Wildman–Crippen LogP) is 1.86. The minimum absolute atomic E-state index is 0.0209. The van der Waals surface area contributed by atoms with Crippen LogP contribution in [0.25, 0.3) is 10.5 Å². The predicted molar refractivity (Wildman–Crippen MR) is 64.4 cm³/mol. The average Bonchev–Trinajstić information content (AvgIpc) is 2.84. The number of thiazole rings is 1. The average molecular weight is 234 g/mol. The normalized spacial score (nSPS) is 30.0. The van der Waals surface area contributed by atoms with Gasteiger partial charge in [0.25, 0.3) is 0 Å². The lowest BCUT2D eigenvalue weighted by atomic mass is 9.86. The summed E-state index contributed by atoms with van der Waals surface area (Å²) in [5.41, 5.74) is 6.97. The Labute approximate surface area is 97.9 Å². The van der Waals surface area contributed by atoms with Crippen molar-refractivity contribution in [2.75, 3.05) is 0 Å². The molecule has 2 aromatic rings. The van der Waals surface area contributed by atoms with Gasteiger partial charge in [-0.1, -0.05) is 24.7 Å². The third kappa shape index (κ3) is 1.35. The van der Waals surface area contributed by atoms with Gasteiger partial charge in [0, 0.05) is 23.9 Å². The van der Waals surface area contributed by atoms with Crippen LogP contribution >= 0.6 is 11.3 Å². The zero-order valence-corrected chi connectivity index (χ0v) is 10.00. The highest BCUT2D eigenvalue weighted by Gasteiger charge is 2.40. The number of rotatable bonds is 1. The first-order valence-corrected chi connectivity index (χ1v) is 6.35. The van der Waals surface area contributed by atoms with Gasteiger partial charge in [-0.25, -0.2) is 15.0 Å². The van der Waals surface area contributed by atoms with Gasteiger partial charge in [-0.3, -0.25) is 0 Å². The molecule has 0 amide bonds. The summed E-state index contributed by atoms with van der Waals surface area (Å²) < 4.78 is 0. The van der Waals surface area contributed by atoms with Gasteiger partial charge in [-0.15, -0.1) is 0 Å². The summed E-state index contributed by atoms with van der Waals surface area (Å²) >= 11 is 1.63. The molecule has 0 aliphatic heterocycles. The number of hydrogen-bond acceptors (Lipinski definition) is 5. The lowest BCUT2D eigenvalue weighted by molar-refractivity contribution is 0.428. The van der Waals surface area contributed by atoms with Crippen LogP contribution in [-0.2, 0) is 5.41 Å². The van der Waals surface area contributed by atoms with E-state index in [2.05, 4.69) is 21.9 Å². The topological polar surface area (TPSA) is 64.7 Å². The Balaban J connectivity index is 2.12. The van der Waals surface area contributed by atoms with E-state index >= 15 is 0 Å². The molecule has 1 aliphatic carbocycles. The third-order valence-corrected chi connectivity index (χ3v) is 4.80. The third-order valence-electron chi connectivity index (χ3n) is 3.57. The molecule has 2 unspecified atom stereocenters.